The fraction of sp³-hybridized carbons (Fsp3) is 0. The van der Waals surface area contributed by atoms with Crippen molar-refractivity contribution >= 4 is 27.5 Å². The third-order valence-corrected chi connectivity index (χ3v) is 12.6. The van der Waals surface area contributed by atoms with Crippen LogP contribution in [0.25, 0.3) is 111 Å². The molecule has 7 nitrogen and oxygen atoms in total. The number of aromatic nitrogens is 3. The van der Waals surface area contributed by atoms with E-state index in [2.05, 4.69) is 64.0 Å². The Balaban J connectivity index is 1.29. The monoisotopic (exact) mass is 877 g/mol. The van der Waals surface area contributed by atoms with E-state index in [4.69, 9.17) is 16.5 Å². The molecule has 11 rings (SSSR count). The molecule has 7 heteroatoms. The molecule has 0 fully saturated rings. The third-order valence-electron chi connectivity index (χ3n) is 12.6. The Hall–Kier alpha value is -10.2. The van der Waals surface area contributed by atoms with E-state index < -0.39 is 0 Å². The first-order valence-electron chi connectivity index (χ1n) is 22.3. The van der Waals surface area contributed by atoms with Gasteiger partial charge in [0.1, 0.15) is 0 Å². The second-order valence-corrected chi connectivity index (χ2v) is 16.5. The molecule has 0 saturated carbocycles. The Bertz CT molecular complexity index is 3760. The van der Waals surface area contributed by atoms with E-state index in [9.17, 15) is 15.8 Å². The zero-order valence-electron chi connectivity index (χ0n) is 36.8. The van der Waals surface area contributed by atoms with E-state index in [0.29, 0.717) is 44.9 Å². The molecule has 0 unspecified atom stereocenters. The lowest BCUT2D eigenvalue weighted by molar-refractivity contribution is 1.16. The van der Waals surface area contributed by atoms with E-state index >= 15 is 0 Å². The van der Waals surface area contributed by atoms with Gasteiger partial charge in [-0.15, -0.1) is 0 Å². The van der Waals surface area contributed by atoms with Crippen molar-refractivity contribution in [3.8, 4) is 102 Å². The lowest BCUT2D eigenvalue weighted by Crippen LogP contribution is -2.04. The van der Waals surface area contributed by atoms with Crippen molar-refractivity contribution in [3.05, 3.63) is 240 Å². The Labute approximate surface area is 398 Å². The maximum atomic E-state index is 10.8. The molecule has 318 valence electrons. The van der Waals surface area contributed by atoms with Crippen LogP contribution in [0.2, 0.25) is 0 Å². The van der Waals surface area contributed by atoms with Crippen molar-refractivity contribution in [3.63, 3.8) is 0 Å². The van der Waals surface area contributed by atoms with Gasteiger partial charge in [-0.05, 0) is 82.9 Å². The fourth-order valence-electron chi connectivity index (χ4n) is 9.38. The summed E-state index contributed by atoms with van der Waals surface area (Å²) in [5, 5.41) is 33.7. The molecule has 0 spiro atoms. The number of para-hydroxylation sites is 1. The van der Waals surface area contributed by atoms with Crippen LogP contribution in [0.5, 0.6) is 0 Å². The zero-order chi connectivity index (χ0) is 46.8. The number of benzene rings is 9. The van der Waals surface area contributed by atoms with Crippen molar-refractivity contribution in [1.29, 1.82) is 15.8 Å². The van der Waals surface area contributed by atoms with E-state index in [1.165, 1.54) is 0 Å². The van der Waals surface area contributed by atoms with Gasteiger partial charge in [0.05, 0.1) is 69.6 Å². The fourth-order valence-corrected chi connectivity index (χ4v) is 9.38. The lowest BCUT2D eigenvalue weighted by Gasteiger charge is -2.22. The predicted octanol–water partition coefficient (Wildman–Crippen LogP) is 15.4. The average molecular weight is 878 g/mol. The molecule has 69 heavy (non-hydrogen) atoms. The number of rotatable bonds is 8. The predicted molar refractivity (Wildman–Crippen MR) is 275 cm³/mol. The summed E-state index contributed by atoms with van der Waals surface area (Å²) in [6.07, 6.45) is 0. The highest BCUT2D eigenvalue weighted by molar-refractivity contribution is 6.13. The van der Waals surface area contributed by atoms with Crippen LogP contribution in [0, 0.1) is 40.6 Å². The summed E-state index contributed by atoms with van der Waals surface area (Å²) in [5.41, 5.74) is 14.7. The van der Waals surface area contributed by atoms with Gasteiger partial charge in [0.2, 0.25) is 0 Å². The molecule has 11 aromatic rings. The number of nitriles is 3. The van der Waals surface area contributed by atoms with Crippen molar-refractivity contribution < 1.29 is 0 Å². The molecule has 0 aliphatic rings. The molecule has 9 aromatic carbocycles. The van der Waals surface area contributed by atoms with Gasteiger partial charge in [0.15, 0.2) is 11.5 Å². The van der Waals surface area contributed by atoms with Gasteiger partial charge in [-0.25, -0.2) is 14.8 Å². The van der Waals surface area contributed by atoms with Gasteiger partial charge in [-0.3, -0.25) is 0 Å². The molecule has 0 amide bonds. The Morgan fingerprint density at radius 3 is 1.29 bits per heavy atom. The van der Waals surface area contributed by atoms with Crippen LogP contribution in [0.3, 0.4) is 0 Å². The molecule has 2 aromatic heterocycles. The topological polar surface area (TPSA) is 106 Å². The highest BCUT2D eigenvalue weighted by Crippen LogP contribution is 2.47. The van der Waals surface area contributed by atoms with Crippen LogP contribution in [-0.2, 0) is 0 Å². The Morgan fingerprint density at radius 1 is 0.377 bits per heavy atom. The van der Waals surface area contributed by atoms with Gasteiger partial charge in [-0.2, -0.15) is 15.8 Å². The van der Waals surface area contributed by atoms with Gasteiger partial charge in [0.25, 0.3) is 0 Å². The van der Waals surface area contributed by atoms with Gasteiger partial charge < -0.3 is 4.57 Å². The first-order valence-corrected chi connectivity index (χ1v) is 22.3. The van der Waals surface area contributed by atoms with Gasteiger partial charge >= 0.3 is 0 Å². The standard InChI is InChI=1S/C62H35N7/c1-66-56-27-15-14-26-51(56)43-29-31-60-53(33-43)52-32-42(48-23-11-8-20-44(48)37-63)28-30-59(52)69(60)61-54(49-24-12-9-21-45(49)38-64)34-47(35-55(61)50-25-13-10-22-46(50)39-65)62-67-57(40-16-4-2-5-17-40)36-58(68-62)41-18-6-3-7-19-41/h2-36H. The summed E-state index contributed by atoms with van der Waals surface area (Å²) in [6.45, 7) is 8.01. The summed E-state index contributed by atoms with van der Waals surface area (Å²) in [4.78, 5) is 14.4. The molecule has 0 aliphatic carbocycles. The molecule has 0 N–H and O–H groups in total. The zero-order valence-corrected chi connectivity index (χ0v) is 36.8. The van der Waals surface area contributed by atoms with Crippen molar-refractivity contribution in [1.82, 2.24) is 14.5 Å². The largest absolute Gasteiger partial charge is 0.308 e. The van der Waals surface area contributed by atoms with Crippen LogP contribution < -0.4 is 0 Å². The van der Waals surface area contributed by atoms with Crippen molar-refractivity contribution in [2.24, 2.45) is 0 Å². The van der Waals surface area contributed by atoms with Gasteiger partial charge in [-0.1, -0.05) is 152 Å². The first kappa shape index (κ1) is 41.5. The van der Waals surface area contributed by atoms with Crippen LogP contribution >= 0.6 is 0 Å². The average Bonchev–Trinajstić information content (AvgIpc) is 3.75. The summed E-state index contributed by atoms with van der Waals surface area (Å²) >= 11 is 0. The van der Waals surface area contributed by atoms with Crippen LogP contribution in [0.4, 0.5) is 5.69 Å². The molecular formula is C62H35N7. The molecule has 0 bridgehead atoms. The van der Waals surface area contributed by atoms with E-state index in [1.807, 2.05) is 176 Å². The minimum Gasteiger partial charge on any atom is -0.308 e. The molecule has 0 radical (unpaired) electrons. The SMILES string of the molecule is [C-]#[N+]c1ccccc1-c1ccc2c(c1)c1cc(-c3ccccc3C#N)ccc1n2-c1c(-c2ccccc2C#N)cc(-c2nc(-c3ccccc3)cc(-c3ccccc3)n2)cc1-c1ccccc1C#N. The maximum Gasteiger partial charge on any atom is 0.194 e. The van der Waals surface area contributed by atoms with Crippen molar-refractivity contribution in [2.75, 3.05) is 0 Å². The molecule has 0 atom stereocenters. The summed E-state index contributed by atoms with van der Waals surface area (Å²) in [6, 6.07) is 76.4. The number of nitrogens with zero attached hydrogens (tertiary/aromatic N) is 7. The van der Waals surface area contributed by atoms with E-state index in [1.54, 1.807) is 0 Å². The quantitative estimate of drug-likeness (QED) is 0.141. The van der Waals surface area contributed by atoms with E-state index in [0.717, 1.165) is 83.4 Å². The Morgan fingerprint density at radius 2 is 0.797 bits per heavy atom. The van der Waals surface area contributed by atoms with Crippen LogP contribution in [0.1, 0.15) is 16.7 Å². The molecule has 0 aliphatic heterocycles. The minimum absolute atomic E-state index is 0.466. The Kier molecular flexibility index (Phi) is 10.6. The normalized spacial score (nSPS) is 10.8. The number of hydrogen-bond donors (Lipinski definition) is 0. The van der Waals surface area contributed by atoms with Gasteiger partial charge in [0, 0.05) is 49.7 Å². The highest BCUT2D eigenvalue weighted by Gasteiger charge is 2.26. The molecule has 0 saturated heterocycles. The maximum absolute atomic E-state index is 10.8. The summed E-state index contributed by atoms with van der Waals surface area (Å²) < 4.78 is 2.22. The first-order chi connectivity index (χ1) is 34.0. The summed E-state index contributed by atoms with van der Waals surface area (Å²) in [5.74, 6) is 0.472. The minimum atomic E-state index is 0.466. The number of fused-ring (bicyclic) bond motifs is 3. The molecule has 2 heterocycles. The smallest absolute Gasteiger partial charge is 0.194 e. The highest BCUT2D eigenvalue weighted by atomic mass is 15.0. The van der Waals surface area contributed by atoms with E-state index in [-0.39, 0.29) is 0 Å². The van der Waals surface area contributed by atoms with Crippen molar-refractivity contribution in [2.45, 2.75) is 0 Å². The van der Waals surface area contributed by atoms with Crippen LogP contribution in [0.15, 0.2) is 212 Å². The second-order valence-electron chi connectivity index (χ2n) is 16.5. The molecular weight excluding hydrogens is 843 g/mol. The lowest BCUT2D eigenvalue weighted by atomic mass is 9.89. The van der Waals surface area contributed by atoms with Crippen LogP contribution in [-0.4, -0.2) is 14.5 Å². The summed E-state index contributed by atoms with van der Waals surface area (Å²) in [7, 11) is 0. The number of hydrogen-bond acceptors (Lipinski definition) is 5. The second kappa shape index (κ2) is 17.7. The third kappa shape index (κ3) is 7.42.